The summed E-state index contributed by atoms with van der Waals surface area (Å²) in [6.45, 7) is 4.48. The molecule has 0 N–H and O–H groups in total. The third kappa shape index (κ3) is 2.29. The fraction of sp³-hybridized carbons (Fsp3) is 0.130. The Balaban J connectivity index is 1.76. The molecule has 0 atom stereocenters. The number of hydrogen-bond acceptors (Lipinski definition) is 2. The molecule has 2 heterocycles. The van der Waals surface area contributed by atoms with Crippen LogP contribution in [0.1, 0.15) is 25.1 Å². The average molecular weight is 433 g/mol. The highest BCUT2D eigenvalue weighted by Crippen LogP contribution is 2.46. The molecule has 5 heteroatoms. The van der Waals surface area contributed by atoms with Gasteiger partial charge in [-0.25, -0.2) is 0 Å². The van der Waals surface area contributed by atoms with Crippen molar-refractivity contribution in [1.29, 1.82) is 0 Å². The summed E-state index contributed by atoms with van der Waals surface area (Å²) in [5, 5.41) is 12.6. The van der Waals surface area contributed by atoms with Crippen molar-refractivity contribution in [3.05, 3.63) is 92.6 Å². The largest absolute Gasteiger partial charge is 0.312 e. The third-order valence-electron chi connectivity index (χ3n) is 5.73. The molecule has 3 aromatic carbocycles. The van der Waals surface area contributed by atoms with Gasteiger partial charge in [-0.05, 0) is 47.5 Å². The van der Waals surface area contributed by atoms with Crippen LogP contribution in [0, 0.1) is 10.1 Å². The van der Waals surface area contributed by atoms with E-state index in [0.29, 0.717) is 5.56 Å². The average Bonchev–Trinajstić information content (AvgIpc) is 3.16. The molecule has 0 spiro atoms. The fourth-order valence-electron chi connectivity index (χ4n) is 4.34. The quantitative estimate of drug-likeness (QED) is 0.264. The number of fused-ring (bicyclic) bond motifs is 5. The van der Waals surface area contributed by atoms with Crippen LogP contribution in [0.3, 0.4) is 0 Å². The first kappa shape index (κ1) is 17.2. The molecule has 0 aliphatic carbocycles. The van der Waals surface area contributed by atoms with Gasteiger partial charge in [0, 0.05) is 32.7 Å². The van der Waals surface area contributed by atoms with Gasteiger partial charge >= 0.3 is 0 Å². The molecule has 138 valence electrons. The summed E-state index contributed by atoms with van der Waals surface area (Å²) in [5.74, 6) is 0. The number of aromatic nitrogens is 1. The van der Waals surface area contributed by atoms with Crippen molar-refractivity contribution >= 4 is 32.5 Å². The van der Waals surface area contributed by atoms with E-state index in [4.69, 9.17) is 0 Å². The predicted molar refractivity (Wildman–Crippen MR) is 115 cm³/mol. The lowest BCUT2D eigenvalue weighted by Gasteiger charge is -2.18. The number of hydrogen-bond donors (Lipinski definition) is 0. The predicted octanol–water partition coefficient (Wildman–Crippen LogP) is 6.61. The normalized spacial score (nSPS) is 14.1. The van der Waals surface area contributed by atoms with E-state index < -0.39 is 0 Å². The fourth-order valence-corrected chi connectivity index (χ4v) is 4.70. The van der Waals surface area contributed by atoms with Crippen LogP contribution >= 0.6 is 15.9 Å². The Labute approximate surface area is 170 Å². The van der Waals surface area contributed by atoms with E-state index >= 15 is 0 Å². The lowest BCUT2D eigenvalue weighted by atomic mass is 9.83. The van der Waals surface area contributed by atoms with Gasteiger partial charge in [0.2, 0.25) is 0 Å². The van der Waals surface area contributed by atoms with Gasteiger partial charge < -0.3 is 4.57 Å². The topological polar surface area (TPSA) is 48.1 Å². The summed E-state index contributed by atoms with van der Waals surface area (Å²) >= 11 is 3.43. The van der Waals surface area contributed by atoms with Gasteiger partial charge in [0.25, 0.3) is 5.69 Å². The number of nitro benzene ring substituents is 1. The molecule has 28 heavy (non-hydrogen) atoms. The second-order valence-electron chi connectivity index (χ2n) is 7.70. The van der Waals surface area contributed by atoms with Crippen molar-refractivity contribution in [1.82, 2.24) is 4.57 Å². The van der Waals surface area contributed by atoms with Crippen LogP contribution in [0.5, 0.6) is 0 Å². The first-order valence-electron chi connectivity index (χ1n) is 9.08. The highest BCUT2D eigenvalue weighted by molar-refractivity contribution is 9.10. The zero-order valence-corrected chi connectivity index (χ0v) is 17.0. The number of benzene rings is 3. The van der Waals surface area contributed by atoms with Gasteiger partial charge in [-0.1, -0.05) is 54.0 Å². The Morgan fingerprint density at radius 2 is 1.79 bits per heavy atom. The van der Waals surface area contributed by atoms with E-state index in [-0.39, 0.29) is 16.0 Å². The molecule has 0 fully saturated rings. The molecule has 5 rings (SSSR count). The van der Waals surface area contributed by atoms with Gasteiger partial charge in [-0.3, -0.25) is 10.1 Å². The Kier molecular flexibility index (Phi) is 3.55. The minimum absolute atomic E-state index is 0.0858. The van der Waals surface area contributed by atoms with Crippen molar-refractivity contribution in [3.63, 3.8) is 0 Å². The number of nitrogens with zero attached hydrogens (tertiary/aromatic N) is 2. The minimum atomic E-state index is -0.328. The van der Waals surface area contributed by atoms with Gasteiger partial charge in [0.15, 0.2) is 0 Å². The van der Waals surface area contributed by atoms with E-state index in [0.717, 1.165) is 20.9 Å². The SMILES string of the molecule is CC1(C)c2ccccc2-n2c1cc1cc(-c3cc(Br)ccc3[N+](=O)[O-])ccc12. The standard InChI is InChI=1S/C23H17BrN2O2/c1-23(2)18-5-3-4-6-21(18)25-19-9-7-14(11-15(19)12-22(23)25)17-13-16(24)8-10-20(17)26(27)28/h3-13H,1-2H3. The van der Waals surface area contributed by atoms with E-state index in [1.54, 1.807) is 12.1 Å². The summed E-state index contributed by atoms with van der Waals surface area (Å²) in [6, 6.07) is 21.8. The maximum atomic E-state index is 11.5. The first-order chi connectivity index (χ1) is 13.4. The zero-order valence-electron chi connectivity index (χ0n) is 15.4. The molecular formula is C23H17BrN2O2. The van der Waals surface area contributed by atoms with E-state index in [2.05, 4.69) is 70.7 Å². The molecule has 4 nitrogen and oxygen atoms in total. The van der Waals surface area contributed by atoms with E-state index in [1.165, 1.54) is 16.9 Å². The van der Waals surface area contributed by atoms with Gasteiger partial charge in [-0.2, -0.15) is 0 Å². The van der Waals surface area contributed by atoms with Gasteiger partial charge in [0.1, 0.15) is 0 Å². The Bertz CT molecular complexity index is 1290. The molecule has 0 amide bonds. The second-order valence-corrected chi connectivity index (χ2v) is 8.61. The van der Waals surface area contributed by atoms with Gasteiger partial charge in [0.05, 0.1) is 16.0 Å². The van der Waals surface area contributed by atoms with Crippen LogP contribution in [-0.4, -0.2) is 9.49 Å². The Hall–Kier alpha value is -2.92. The van der Waals surface area contributed by atoms with Crippen LogP contribution in [-0.2, 0) is 5.41 Å². The van der Waals surface area contributed by atoms with E-state index in [1.807, 2.05) is 18.2 Å². The maximum absolute atomic E-state index is 11.5. The summed E-state index contributed by atoms with van der Waals surface area (Å²) < 4.78 is 3.13. The third-order valence-corrected chi connectivity index (χ3v) is 6.22. The molecule has 1 aromatic heterocycles. The van der Waals surface area contributed by atoms with Crippen molar-refractivity contribution in [2.24, 2.45) is 0 Å². The van der Waals surface area contributed by atoms with E-state index in [9.17, 15) is 10.1 Å². The highest BCUT2D eigenvalue weighted by atomic mass is 79.9. The summed E-state index contributed by atoms with van der Waals surface area (Å²) in [5.41, 5.74) is 6.37. The maximum Gasteiger partial charge on any atom is 0.277 e. The zero-order chi connectivity index (χ0) is 19.6. The molecule has 4 aromatic rings. The van der Waals surface area contributed by atoms with Crippen molar-refractivity contribution in [3.8, 4) is 16.8 Å². The monoisotopic (exact) mass is 432 g/mol. The molecule has 0 saturated carbocycles. The van der Waals surface area contributed by atoms with Crippen LogP contribution < -0.4 is 0 Å². The minimum Gasteiger partial charge on any atom is -0.312 e. The smallest absolute Gasteiger partial charge is 0.277 e. The highest BCUT2D eigenvalue weighted by Gasteiger charge is 2.36. The number of para-hydroxylation sites is 1. The molecule has 0 bridgehead atoms. The summed E-state index contributed by atoms with van der Waals surface area (Å²) in [6.07, 6.45) is 0. The molecule has 0 saturated heterocycles. The van der Waals surface area contributed by atoms with Crippen LogP contribution in [0.2, 0.25) is 0 Å². The number of halogens is 1. The Morgan fingerprint density at radius 3 is 2.57 bits per heavy atom. The lowest BCUT2D eigenvalue weighted by Crippen LogP contribution is -2.14. The second kappa shape index (κ2) is 5.79. The van der Waals surface area contributed by atoms with Crippen LogP contribution in [0.15, 0.2) is 71.2 Å². The van der Waals surface area contributed by atoms with Gasteiger partial charge in [-0.15, -0.1) is 0 Å². The molecule has 1 aliphatic rings. The Morgan fingerprint density at radius 1 is 1.00 bits per heavy atom. The molecular weight excluding hydrogens is 416 g/mol. The van der Waals surface area contributed by atoms with Crippen molar-refractivity contribution in [2.45, 2.75) is 19.3 Å². The van der Waals surface area contributed by atoms with Crippen LogP contribution in [0.25, 0.3) is 27.7 Å². The molecule has 0 radical (unpaired) electrons. The van der Waals surface area contributed by atoms with Crippen LogP contribution in [0.4, 0.5) is 5.69 Å². The molecule has 1 aliphatic heterocycles. The first-order valence-corrected chi connectivity index (χ1v) is 9.87. The number of nitro groups is 1. The van der Waals surface area contributed by atoms with Crippen molar-refractivity contribution < 1.29 is 4.92 Å². The lowest BCUT2D eigenvalue weighted by molar-refractivity contribution is -0.384. The number of rotatable bonds is 2. The summed E-state index contributed by atoms with van der Waals surface area (Å²) in [4.78, 5) is 11.2. The van der Waals surface area contributed by atoms with Crippen molar-refractivity contribution in [2.75, 3.05) is 0 Å². The summed E-state index contributed by atoms with van der Waals surface area (Å²) in [7, 11) is 0. The molecule has 0 unspecified atom stereocenters.